The maximum absolute atomic E-state index is 13.7. The predicted molar refractivity (Wildman–Crippen MR) is 140 cm³/mol. The van der Waals surface area contributed by atoms with Crippen molar-refractivity contribution in [3.63, 3.8) is 0 Å². The van der Waals surface area contributed by atoms with Crippen molar-refractivity contribution < 1.29 is 22.4 Å². The maximum atomic E-state index is 13.7. The lowest BCUT2D eigenvalue weighted by Crippen LogP contribution is -2.53. The number of amides is 2. The predicted octanol–water partition coefficient (Wildman–Crippen LogP) is 4.76. The first-order chi connectivity index (χ1) is 17.0. The summed E-state index contributed by atoms with van der Waals surface area (Å²) in [6, 6.07) is 9.29. The van der Waals surface area contributed by atoms with Gasteiger partial charge in [0, 0.05) is 12.6 Å². The fourth-order valence-electron chi connectivity index (χ4n) is 4.35. The SMILES string of the molecule is CC[C@H](C(=O)NC1CCCC1)N(Cc1ccc(F)cc1)C(=O)CN(c1cccc(Cl)c1Cl)S(C)(=O)=O. The molecule has 0 spiro atoms. The number of sulfonamides is 1. The Labute approximate surface area is 221 Å². The first kappa shape index (κ1) is 28.2. The second-order valence-corrected chi connectivity index (χ2v) is 11.6. The van der Waals surface area contributed by atoms with Crippen molar-refractivity contribution in [1.29, 1.82) is 0 Å². The summed E-state index contributed by atoms with van der Waals surface area (Å²) in [5.74, 6) is -1.33. The van der Waals surface area contributed by atoms with E-state index in [1.54, 1.807) is 6.92 Å². The van der Waals surface area contributed by atoms with E-state index in [1.165, 1.54) is 47.4 Å². The summed E-state index contributed by atoms with van der Waals surface area (Å²) in [5.41, 5.74) is 0.661. The minimum atomic E-state index is -3.94. The average Bonchev–Trinajstić information content (AvgIpc) is 3.33. The Morgan fingerprint density at radius 1 is 1.11 bits per heavy atom. The van der Waals surface area contributed by atoms with Gasteiger partial charge in [-0.05, 0) is 49.1 Å². The standard InChI is InChI=1S/C25H30Cl2FN3O4S/c1-3-21(25(33)29-19-7-4-5-8-19)30(15-17-11-13-18(28)14-12-17)23(32)16-31(36(2,34)35)22-10-6-9-20(26)24(22)27/h6,9-14,19,21H,3-5,7-8,15-16H2,1-2H3,(H,29,33)/t21-/m1/s1. The van der Waals surface area contributed by atoms with Gasteiger partial charge >= 0.3 is 0 Å². The molecule has 1 saturated carbocycles. The molecule has 196 valence electrons. The van der Waals surface area contributed by atoms with Crippen molar-refractivity contribution in [2.75, 3.05) is 17.1 Å². The molecule has 0 bridgehead atoms. The molecule has 7 nitrogen and oxygen atoms in total. The van der Waals surface area contributed by atoms with Gasteiger partial charge in [0.25, 0.3) is 0 Å². The number of carbonyl (C=O) groups is 2. The summed E-state index contributed by atoms with van der Waals surface area (Å²) < 4.78 is 39.7. The Hall–Kier alpha value is -2.36. The number of halogens is 3. The molecule has 2 aromatic rings. The van der Waals surface area contributed by atoms with Crippen LogP contribution in [0.5, 0.6) is 0 Å². The van der Waals surface area contributed by atoms with Crippen LogP contribution in [-0.2, 0) is 26.2 Å². The second kappa shape index (κ2) is 12.3. The Kier molecular flexibility index (Phi) is 9.60. The minimum absolute atomic E-state index is 0.00339. The van der Waals surface area contributed by atoms with Crippen LogP contribution in [-0.4, -0.2) is 50.0 Å². The van der Waals surface area contributed by atoms with Gasteiger partial charge in [0.15, 0.2) is 0 Å². The summed E-state index contributed by atoms with van der Waals surface area (Å²) in [5, 5.41) is 3.16. The molecule has 2 amide bonds. The van der Waals surface area contributed by atoms with Gasteiger partial charge in [0.05, 0.1) is 22.0 Å². The number of anilines is 1. The molecule has 11 heteroatoms. The van der Waals surface area contributed by atoms with Gasteiger partial charge < -0.3 is 10.2 Å². The van der Waals surface area contributed by atoms with Crippen molar-refractivity contribution >= 4 is 50.7 Å². The van der Waals surface area contributed by atoms with E-state index >= 15 is 0 Å². The van der Waals surface area contributed by atoms with Crippen LogP contribution >= 0.6 is 23.2 Å². The van der Waals surface area contributed by atoms with Crippen LogP contribution in [0.1, 0.15) is 44.6 Å². The zero-order valence-corrected chi connectivity index (χ0v) is 22.5. The largest absolute Gasteiger partial charge is 0.352 e. The highest BCUT2D eigenvalue weighted by Gasteiger charge is 2.33. The molecule has 0 saturated heterocycles. The molecule has 36 heavy (non-hydrogen) atoms. The number of rotatable bonds is 10. The third-order valence-corrected chi connectivity index (χ3v) is 8.17. The number of hydrogen-bond acceptors (Lipinski definition) is 4. The van der Waals surface area contributed by atoms with E-state index in [1.807, 2.05) is 0 Å². The third kappa shape index (κ3) is 7.11. The van der Waals surface area contributed by atoms with Crippen molar-refractivity contribution in [2.24, 2.45) is 0 Å². The molecule has 0 heterocycles. The molecule has 1 fully saturated rings. The number of carbonyl (C=O) groups excluding carboxylic acids is 2. The molecular weight excluding hydrogens is 528 g/mol. The van der Waals surface area contributed by atoms with E-state index in [0.29, 0.717) is 12.0 Å². The molecule has 1 atom stereocenters. The quantitative estimate of drug-likeness (QED) is 0.456. The molecule has 0 unspecified atom stereocenters. The van der Waals surface area contributed by atoms with Crippen molar-refractivity contribution in [2.45, 2.75) is 57.7 Å². The summed E-state index contributed by atoms with van der Waals surface area (Å²) in [6.07, 6.45) is 5.09. The fourth-order valence-corrected chi connectivity index (χ4v) is 5.66. The normalized spacial score (nSPS) is 14.9. The minimum Gasteiger partial charge on any atom is -0.352 e. The first-order valence-corrected chi connectivity index (χ1v) is 14.4. The van der Waals surface area contributed by atoms with Crippen LogP contribution in [0.2, 0.25) is 10.0 Å². The molecule has 0 aliphatic heterocycles. The second-order valence-electron chi connectivity index (χ2n) is 8.90. The van der Waals surface area contributed by atoms with Crippen molar-refractivity contribution in [3.8, 4) is 0 Å². The molecule has 1 aliphatic rings. The average molecular weight is 559 g/mol. The summed E-state index contributed by atoms with van der Waals surface area (Å²) in [6.45, 7) is 1.19. The lowest BCUT2D eigenvalue weighted by molar-refractivity contribution is -0.140. The molecule has 0 aromatic heterocycles. The zero-order valence-electron chi connectivity index (χ0n) is 20.2. The number of nitrogens with zero attached hydrogens (tertiary/aromatic N) is 2. The van der Waals surface area contributed by atoms with Gasteiger partial charge in [-0.3, -0.25) is 13.9 Å². The monoisotopic (exact) mass is 557 g/mol. The van der Waals surface area contributed by atoms with Gasteiger partial charge in [-0.25, -0.2) is 12.8 Å². The van der Waals surface area contributed by atoms with E-state index < -0.39 is 34.3 Å². The smallest absolute Gasteiger partial charge is 0.244 e. The van der Waals surface area contributed by atoms with Crippen LogP contribution in [0, 0.1) is 5.82 Å². The van der Waals surface area contributed by atoms with E-state index in [4.69, 9.17) is 23.2 Å². The Balaban J connectivity index is 1.94. The topological polar surface area (TPSA) is 86.8 Å². The molecule has 2 aromatic carbocycles. The van der Waals surface area contributed by atoms with Gasteiger partial charge in [-0.2, -0.15) is 0 Å². The van der Waals surface area contributed by atoms with Crippen LogP contribution < -0.4 is 9.62 Å². The number of nitrogens with one attached hydrogen (secondary N) is 1. The lowest BCUT2D eigenvalue weighted by Gasteiger charge is -2.33. The van der Waals surface area contributed by atoms with Gasteiger partial charge in [0.1, 0.15) is 18.4 Å². The van der Waals surface area contributed by atoms with E-state index in [-0.39, 0.29) is 34.2 Å². The highest BCUT2D eigenvalue weighted by molar-refractivity contribution is 7.92. The lowest BCUT2D eigenvalue weighted by atomic mass is 10.1. The number of hydrogen-bond donors (Lipinski definition) is 1. The Morgan fingerprint density at radius 2 is 1.75 bits per heavy atom. The van der Waals surface area contributed by atoms with E-state index in [9.17, 15) is 22.4 Å². The van der Waals surface area contributed by atoms with Crippen LogP contribution in [0.25, 0.3) is 0 Å². The number of benzene rings is 2. The molecule has 1 aliphatic carbocycles. The van der Waals surface area contributed by atoms with E-state index in [0.717, 1.165) is 36.2 Å². The summed E-state index contributed by atoms with van der Waals surface area (Å²) in [7, 11) is -3.94. The molecule has 1 N–H and O–H groups in total. The highest BCUT2D eigenvalue weighted by atomic mass is 35.5. The first-order valence-electron chi connectivity index (χ1n) is 11.8. The summed E-state index contributed by atoms with van der Waals surface area (Å²) >= 11 is 12.4. The van der Waals surface area contributed by atoms with Crippen molar-refractivity contribution in [1.82, 2.24) is 10.2 Å². The van der Waals surface area contributed by atoms with E-state index in [2.05, 4.69) is 5.32 Å². The van der Waals surface area contributed by atoms with Crippen molar-refractivity contribution in [3.05, 3.63) is 63.9 Å². The Morgan fingerprint density at radius 3 is 2.33 bits per heavy atom. The van der Waals surface area contributed by atoms with Gasteiger partial charge in [-0.1, -0.05) is 61.2 Å². The summed E-state index contributed by atoms with van der Waals surface area (Å²) in [4.78, 5) is 28.3. The van der Waals surface area contributed by atoms with Gasteiger partial charge in [0.2, 0.25) is 21.8 Å². The van der Waals surface area contributed by atoms with Crippen LogP contribution in [0.15, 0.2) is 42.5 Å². The van der Waals surface area contributed by atoms with Crippen LogP contribution in [0.4, 0.5) is 10.1 Å². The maximum Gasteiger partial charge on any atom is 0.244 e. The molecule has 3 rings (SSSR count). The Bertz CT molecular complexity index is 1190. The fraction of sp³-hybridized carbons (Fsp3) is 0.440. The van der Waals surface area contributed by atoms with Crippen LogP contribution in [0.3, 0.4) is 0 Å². The molecular formula is C25H30Cl2FN3O4S. The van der Waals surface area contributed by atoms with Gasteiger partial charge in [-0.15, -0.1) is 0 Å². The highest BCUT2D eigenvalue weighted by Crippen LogP contribution is 2.34. The zero-order chi connectivity index (χ0) is 26.5. The third-order valence-electron chi connectivity index (χ3n) is 6.23. The molecule has 0 radical (unpaired) electrons.